The van der Waals surface area contributed by atoms with E-state index in [1.165, 1.54) is 12.1 Å². The summed E-state index contributed by atoms with van der Waals surface area (Å²) in [7, 11) is 0. The first-order valence-electron chi connectivity index (χ1n) is 7.88. The van der Waals surface area contributed by atoms with E-state index in [0.29, 0.717) is 10.7 Å². The van der Waals surface area contributed by atoms with Gasteiger partial charge in [0.15, 0.2) is 6.61 Å². The van der Waals surface area contributed by atoms with Crippen LogP contribution in [0.2, 0.25) is 10.0 Å². The Hall–Kier alpha value is -2.83. The molecule has 6 nitrogen and oxygen atoms in total. The maximum Gasteiger partial charge on any atom is 0.340 e. The fourth-order valence-corrected chi connectivity index (χ4v) is 2.60. The average Bonchev–Trinajstić information content (AvgIpc) is 3.10. The molecular weight excluding hydrogens is 391 g/mol. The van der Waals surface area contributed by atoms with Crippen LogP contribution in [0.1, 0.15) is 15.9 Å². The van der Waals surface area contributed by atoms with E-state index in [2.05, 4.69) is 10.5 Å². The lowest BCUT2D eigenvalue weighted by Gasteiger charge is -2.06. The van der Waals surface area contributed by atoms with E-state index < -0.39 is 18.5 Å². The van der Waals surface area contributed by atoms with Crippen LogP contribution >= 0.6 is 23.2 Å². The zero-order chi connectivity index (χ0) is 19.4. The highest BCUT2D eigenvalue weighted by atomic mass is 35.5. The summed E-state index contributed by atoms with van der Waals surface area (Å²) in [6, 6.07) is 13.7. The van der Waals surface area contributed by atoms with Gasteiger partial charge in [0.2, 0.25) is 5.88 Å². The molecule has 0 fully saturated rings. The van der Waals surface area contributed by atoms with E-state index >= 15 is 0 Å². The van der Waals surface area contributed by atoms with Gasteiger partial charge in [0.05, 0.1) is 10.6 Å². The van der Waals surface area contributed by atoms with Crippen molar-refractivity contribution >= 4 is 41.0 Å². The van der Waals surface area contributed by atoms with Gasteiger partial charge in [-0.3, -0.25) is 10.1 Å². The van der Waals surface area contributed by atoms with Gasteiger partial charge in [-0.25, -0.2) is 4.79 Å². The molecule has 0 saturated carbocycles. The molecule has 3 aromatic rings. The van der Waals surface area contributed by atoms with Crippen molar-refractivity contribution in [3.8, 4) is 11.3 Å². The number of esters is 1. The number of rotatable bonds is 5. The molecule has 0 aliphatic heterocycles. The van der Waals surface area contributed by atoms with E-state index in [0.717, 1.165) is 11.1 Å². The quantitative estimate of drug-likeness (QED) is 0.620. The van der Waals surface area contributed by atoms with Crippen molar-refractivity contribution in [1.82, 2.24) is 5.16 Å². The molecule has 1 amide bonds. The molecule has 1 aromatic heterocycles. The number of nitrogens with one attached hydrogen (secondary N) is 1. The van der Waals surface area contributed by atoms with Crippen LogP contribution in [0.4, 0.5) is 5.88 Å². The van der Waals surface area contributed by atoms with Crippen LogP contribution in [0.15, 0.2) is 53.1 Å². The topological polar surface area (TPSA) is 81.4 Å². The number of anilines is 1. The lowest BCUT2D eigenvalue weighted by Crippen LogP contribution is -2.20. The van der Waals surface area contributed by atoms with Crippen LogP contribution < -0.4 is 5.32 Å². The predicted octanol–water partition coefficient (Wildman–Crippen LogP) is 4.75. The minimum atomic E-state index is -0.754. The predicted molar refractivity (Wildman–Crippen MR) is 102 cm³/mol. The van der Waals surface area contributed by atoms with Gasteiger partial charge in [-0.05, 0) is 25.1 Å². The smallest absolute Gasteiger partial charge is 0.340 e. The number of hydrogen-bond acceptors (Lipinski definition) is 5. The molecular formula is C19H14Cl2N2O4. The summed E-state index contributed by atoms with van der Waals surface area (Å²) in [5.74, 6) is -1.18. The molecule has 27 heavy (non-hydrogen) atoms. The highest BCUT2D eigenvalue weighted by Gasteiger charge is 2.15. The summed E-state index contributed by atoms with van der Waals surface area (Å²) in [5, 5.41) is 6.89. The van der Waals surface area contributed by atoms with Crippen LogP contribution in [0.25, 0.3) is 11.3 Å². The molecule has 138 valence electrons. The zero-order valence-corrected chi connectivity index (χ0v) is 15.7. The molecule has 0 aliphatic carbocycles. The highest BCUT2D eigenvalue weighted by Crippen LogP contribution is 2.23. The fourth-order valence-electron chi connectivity index (χ4n) is 2.23. The number of aromatic nitrogens is 1. The normalized spacial score (nSPS) is 10.5. The van der Waals surface area contributed by atoms with Crippen LogP contribution in [0.3, 0.4) is 0 Å². The molecule has 0 bridgehead atoms. The van der Waals surface area contributed by atoms with Gasteiger partial charge in [-0.15, -0.1) is 0 Å². The minimum absolute atomic E-state index is 0.0817. The number of nitrogens with zero attached hydrogens (tertiary/aromatic N) is 1. The first-order valence-corrected chi connectivity index (χ1v) is 8.64. The van der Waals surface area contributed by atoms with Crippen molar-refractivity contribution in [1.29, 1.82) is 0 Å². The molecule has 2 aromatic carbocycles. The van der Waals surface area contributed by atoms with Crippen molar-refractivity contribution in [2.75, 3.05) is 11.9 Å². The number of hydrogen-bond donors (Lipinski definition) is 1. The van der Waals surface area contributed by atoms with Gasteiger partial charge in [0, 0.05) is 16.7 Å². The lowest BCUT2D eigenvalue weighted by atomic mass is 10.1. The number of ether oxygens (including phenoxy) is 1. The Bertz CT molecular complexity index is 984. The molecule has 1 N–H and O–H groups in total. The number of amides is 1. The molecule has 3 rings (SSSR count). The zero-order valence-electron chi connectivity index (χ0n) is 14.2. The average molecular weight is 405 g/mol. The van der Waals surface area contributed by atoms with Crippen molar-refractivity contribution < 1.29 is 18.8 Å². The highest BCUT2D eigenvalue weighted by molar-refractivity contribution is 6.35. The van der Waals surface area contributed by atoms with E-state index in [1.807, 2.05) is 31.2 Å². The van der Waals surface area contributed by atoms with Crippen molar-refractivity contribution in [3.05, 3.63) is 69.7 Å². The summed E-state index contributed by atoms with van der Waals surface area (Å²) in [6.07, 6.45) is 0. The molecule has 0 saturated heterocycles. The third kappa shape index (κ3) is 4.87. The van der Waals surface area contributed by atoms with E-state index in [9.17, 15) is 9.59 Å². The third-order valence-electron chi connectivity index (χ3n) is 3.60. The van der Waals surface area contributed by atoms with Crippen LogP contribution in [-0.4, -0.2) is 23.6 Å². The number of carbonyl (C=O) groups is 2. The van der Waals surface area contributed by atoms with Gasteiger partial charge in [-0.2, -0.15) is 0 Å². The second kappa shape index (κ2) is 8.24. The molecule has 0 aliphatic rings. The van der Waals surface area contributed by atoms with Gasteiger partial charge < -0.3 is 9.26 Å². The second-order valence-corrected chi connectivity index (χ2v) is 6.53. The Balaban J connectivity index is 1.57. The Morgan fingerprint density at radius 3 is 2.59 bits per heavy atom. The minimum Gasteiger partial charge on any atom is -0.452 e. The summed E-state index contributed by atoms with van der Waals surface area (Å²) in [4.78, 5) is 24.0. The molecule has 8 heteroatoms. The lowest BCUT2D eigenvalue weighted by molar-refractivity contribution is -0.119. The molecule has 0 spiro atoms. The van der Waals surface area contributed by atoms with Gasteiger partial charge in [0.1, 0.15) is 5.69 Å². The Morgan fingerprint density at radius 1 is 1.11 bits per heavy atom. The number of benzene rings is 2. The monoisotopic (exact) mass is 404 g/mol. The molecule has 0 unspecified atom stereocenters. The fraction of sp³-hybridized carbons (Fsp3) is 0.105. The van der Waals surface area contributed by atoms with Crippen molar-refractivity contribution in [2.45, 2.75) is 6.92 Å². The van der Waals surface area contributed by atoms with E-state index in [4.69, 9.17) is 32.5 Å². The standard InChI is InChI=1S/C19H14Cl2N2O4/c1-11-2-4-12(5-3-11)16-9-18(27-23-16)22-17(24)10-26-19(25)14-8-13(20)6-7-15(14)21/h2-9H,10H2,1H3,(H,22,24). The van der Waals surface area contributed by atoms with E-state index in [-0.39, 0.29) is 16.5 Å². The molecule has 1 heterocycles. The molecule has 0 atom stereocenters. The van der Waals surface area contributed by atoms with Gasteiger partial charge in [-0.1, -0.05) is 58.2 Å². The van der Waals surface area contributed by atoms with Crippen molar-refractivity contribution in [2.24, 2.45) is 0 Å². The maximum absolute atomic E-state index is 12.0. The van der Waals surface area contributed by atoms with Crippen LogP contribution in [0, 0.1) is 6.92 Å². The van der Waals surface area contributed by atoms with Crippen molar-refractivity contribution in [3.63, 3.8) is 0 Å². The number of aryl methyl sites for hydroxylation is 1. The SMILES string of the molecule is Cc1ccc(-c2cc(NC(=O)COC(=O)c3cc(Cl)ccc3Cl)on2)cc1. The van der Waals surface area contributed by atoms with Crippen LogP contribution in [-0.2, 0) is 9.53 Å². The summed E-state index contributed by atoms with van der Waals surface area (Å²) < 4.78 is 10.0. The van der Waals surface area contributed by atoms with Crippen LogP contribution in [0.5, 0.6) is 0 Å². The summed E-state index contributed by atoms with van der Waals surface area (Å²) in [5.41, 5.74) is 2.63. The Kier molecular flexibility index (Phi) is 5.78. The summed E-state index contributed by atoms with van der Waals surface area (Å²) >= 11 is 11.8. The number of halogens is 2. The second-order valence-electron chi connectivity index (χ2n) is 5.69. The largest absolute Gasteiger partial charge is 0.452 e. The van der Waals surface area contributed by atoms with E-state index in [1.54, 1.807) is 12.1 Å². The Labute approximate surface area is 165 Å². The molecule has 0 radical (unpaired) electrons. The first-order chi connectivity index (χ1) is 12.9. The third-order valence-corrected chi connectivity index (χ3v) is 4.17. The maximum atomic E-state index is 12.0. The first kappa shape index (κ1) is 18.9. The summed E-state index contributed by atoms with van der Waals surface area (Å²) in [6.45, 7) is 1.47. The number of carbonyl (C=O) groups excluding carboxylic acids is 2. The van der Waals surface area contributed by atoms with Gasteiger partial charge >= 0.3 is 5.97 Å². The Morgan fingerprint density at radius 2 is 1.85 bits per heavy atom. The van der Waals surface area contributed by atoms with Gasteiger partial charge in [0.25, 0.3) is 5.91 Å².